The molecule has 0 fully saturated rings. The van der Waals surface area contributed by atoms with Gasteiger partial charge in [0, 0.05) is 31.3 Å². The molecule has 15 nitrogen and oxygen atoms in total. The lowest BCUT2D eigenvalue weighted by atomic mass is 10.0. The lowest BCUT2D eigenvalue weighted by Gasteiger charge is -2.24. The van der Waals surface area contributed by atoms with Crippen molar-refractivity contribution in [3.05, 3.63) is 48.0 Å². The molecule has 4 atom stereocenters. The Hall–Kier alpha value is -4.66. The molecule has 0 aliphatic carbocycles. The van der Waals surface area contributed by atoms with Gasteiger partial charge in [0.05, 0.1) is 12.4 Å². The van der Waals surface area contributed by atoms with E-state index in [0.29, 0.717) is 17.7 Å². The molecule has 1 heterocycles. The first-order valence-corrected chi connectivity index (χ1v) is 12.2. The minimum atomic E-state index is -1.25. The van der Waals surface area contributed by atoms with E-state index < -0.39 is 47.9 Å². The number of amides is 3. The molecule has 0 saturated carbocycles. The van der Waals surface area contributed by atoms with Crippen molar-refractivity contribution >= 4 is 29.7 Å². The van der Waals surface area contributed by atoms with Gasteiger partial charge in [-0.3, -0.25) is 24.2 Å². The summed E-state index contributed by atoms with van der Waals surface area (Å²) in [4.78, 5) is 60.9. The minimum absolute atomic E-state index is 0.0113. The van der Waals surface area contributed by atoms with Crippen molar-refractivity contribution in [1.29, 1.82) is 0 Å². The molecule has 12 N–H and O–H groups in total. The van der Waals surface area contributed by atoms with Crippen LogP contribution in [-0.2, 0) is 32.0 Å². The molecule has 3 amide bonds. The normalized spacial score (nSPS) is 13.8. The maximum absolute atomic E-state index is 13.4. The number of hydrogen-bond donors (Lipinski definition) is 9. The Morgan fingerprint density at radius 2 is 1.62 bits per heavy atom. The number of aromatic hydroxyl groups is 1. The quantitative estimate of drug-likeness (QED) is 0.0664. The van der Waals surface area contributed by atoms with Gasteiger partial charge in [0.1, 0.15) is 23.9 Å². The molecule has 2 rings (SSSR count). The smallest absolute Gasteiger partial charge is 0.325 e. The number of benzene rings is 1. The summed E-state index contributed by atoms with van der Waals surface area (Å²) in [5, 5.41) is 26.3. The van der Waals surface area contributed by atoms with Crippen LogP contribution in [0, 0.1) is 0 Å². The third-order valence-electron chi connectivity index (χ3n) is 5.65. The number of carbonyl (C=O) groups is 4. The van der Waals surface area contributed by atoms with Crippen LogP contribution in [0.1, 0.15) is 31.0 Å². The van der Waals surface area contributed by atoms with Gasteiger partial charge in [0.15, 0.2) is 5.96 Å². The van der Waals surface area contributed by atoms with Crippen molar-refractivity contribution < 1.29 is 29.4 Å². The first kappa shape index (κ1) is 30.6. The Labute approximate surface area is 224 Å². The number of imidazole rings is 1. The van der Waals surface area contributed by atoms with Gasteiger partial charge in [-0.15, -0.1) is 0 Å². The van der Waals surface area contributed by atoms with Crippen molar-refractivity contribution in [2.75, 3.05) is 6.54 Å². The second kappa shape index (κ2) is 14.9. The number of carboxylic acids is 1. The van der Waals surface area contributed by atoms with Gasteiger partial charge in [-0.2, -0.15) is 0 Å². The van der Waals surface area contributed by atoms with E-state index in [1.165, 1.54) is 31.6 Å². The van der Waals surface area contributed by atoms with Crippen LogP contribution in [-0.4, -0.2) is 80.5 Å². The van der Waals surface area contributed by atoms with Crippen molar-refractivity contribution in [1.82, 2.24) is 25.9 Å². The van der Waals surface area contributed by atoms with Gasteiger partial charge in [0.25, 0.3) is 0 Å². The second-order valence-corrected chi connectivity index (χ2v) is 8.90. The molecule has 1 aromatic heterocycles. The van der Waals surface area contributed by atoms with E-state index in [1.54, 1.807) is 12.1 Å². The topological polar surface area (TPSA) is 264 Å². The Kier molecular flexibility index (Phi) is 11.7. The predicted molar refractivity (Wildman–Crippen MR) is 141 cm³/mol. The highest BCUT2D eigenvalue weighted by Crippen LogP contribution is 2.12. The number of aromatic nitrogens is 2. The van der Waals surface area contributed by atoms with E-state index in [9.17, 15) is 29.4 Å². The SMILES string of the molecule is CC(NC(=O)C(Cc1ccc(O)cc1)NC(=O)C(Cc1cnc[nH]1)NC(=O)C(N)CCCN=C(N)N)C(=O)O. The first-order valence-electron chi connectivity index (χ1n) is 12.2. The molecular weight excluding hydrogens is 510 g/mol. The highest BCUT2D eigenvalue weighted by molar-refractivity contribution is 5.94. The number of nitrogens with two attached hydrogens (primary N) is 3. The Balaban J connectivity index is 2.19. The van der Waals surface area contributed by atoms with E-state index in [1.807, 2.05) is 0 Å². The molecule has 15 heteroatoms. The van der Waals surface area contributed by atoms with Crippen LogP contribution in [0.4, 0.5) is 0 Å². The number of guanidine groups is 1. The predicted octanol–water partition coefficient (Wildman–Crippen LogP) is -2.16. The molecule has 0 saturated heterocycles. The average Bonchev–Trinajstić information content (AvgIpc) is 3.39. The first-order chi connectivity index (χ1) is 18.5. The van der Waals surface area contributed by atoms with Crippen molar-refractivity contribution in [2.45, 2.75) is 56.8 Å². The largest absolute Gasteiger partial charge is 0.508 e. The molecular formula is C24H35N9O6. The summed E-state index contributed by atoms with van der Waals surface area (Å²) in [5.41, 5.74) is 17.7. The molecule has 0 radical (unpaired) electrons. The number of rotatable bonds is 15. The Morgan fingerprint density at radius 1 is 1.00 bits per heavy atom. The number of phenols is 1. The summed E-state index contributed by atoms with van der Waals surface area (Å²) in [6.45, 7) is 1.57. The molecule has 0 aliphatic heterocycles. The van der Waals surface area contributed by atoms with Gasteiger partial charge >= 0.3 is 5.97 Å². The third kappa shape index (κ3) is 10.7. The van der Waals surface area contributed by atoms with Crippen molar-refractivity contribution in [3.63, 3.8) is 0 Å². The number of phenolic OH excluding ortho intramolecular Hbond substituents is 1. The highest BCUT2D eigenvalue weighted by atomic mass is 16.4. The summed E-state index contributed by atoms with van der Waals surface area (Å²) in [7, 11) is 0. The van der Waals surface area contributed by atoms with E-state index >= 15 is 0 Å². The summed E-state index contributed by atoms with van der Waals surface area (Å²) < 4.78 is 0. The fraction of sp³-hybridized carbons (Fsp3) is 0.417. The molecule has 0 bridgehead atoms. The average molecular weight is 546 g/mol. The van der Waals surface area contributed by atoms with Crippen LogP contribution in [0.3, 0.4) is 0 Å². The number of nitrogens with one attached hydrogen (secondary N) is 4. The van der Waals surface area contributed by atoms with E-state index in [2.05, 4.69) is 30.9 Å². The lowest BCUT2D eigenvalue weighted by Crippen LogP contribution is -2.58. The number of aromatic amines is 1. The highest BCUT2D eigenvalue weighted by Gasteiger charge is 2.30. The van der Waals surface area contributed by atoms with Crippen LogP contribution >= 0.6 is 0 Å². The number of aliphatic carboxylic acids is 1. The third-order valence-corrected chi connectivity index (χ3v) is 5.65. The van der Waals surface area contributed by atoms with Crippen molar-refractivity contribution in [2.24, 2.45) is 22.2 Å². The zero-order valence-corrected chi connectivity index (χ0v) is 21.5. The molecule has 0 spiro atoms. The van der Waals surface area contributed by atoms with Crippen LogP contribution in [0.15, 0.2) is 41.8 Å². The van der Waals surface area contributed by atoms with Crippen LogP contribution in [0.25, 0.3) is 0 Å². The van der Waals surface area contributed by atoms with Crippen LogP contribution < -0.4 is 33.2 Å². The number of hydrogen-bond acceptors (Lipinski definition) is 8. The number of carbonyl (C=O) groups excluding carboxylic acids is 3. The number of carboxylic acid groups (broad SMARTS) is 1. The number of nitrogens with zero attached hydrogens (tertiary/aromatic N) is 2. The second-order valence-electron chi connectivity index (χ2n) is 8.90. The van der Waals surface area contributed by atoms with Crippen LogP contribution in [0.2, 0.25) is 0 Å². The summed E-state index contributed by atoms with van der Waals surface area (Å²) in [6.07, 6.45) is 3.57. The Morgan fingerprint density at radius 3 is 2.21 bits per heavy atom. The molecule has 0 aliphatic rings. The standard InChI is InChI=1S/C24H35N9O6/c1-13(23(38)39)31-21(36)18(9-14-4-6-16(34)7-5-14)33-22(37)19(10-15-11-28-12-30-15)32-20(35)17(25)3-2-8-29-24(26)27/h4-7,11-13,17-19,34H,2-3,8-10,25H2,1H3,(H,28,30)(H,31,36)(H,32,35)(H,33,37)(H,38,39)(H4,26,27,29). The molecule has 4 unspecified atom stereocenters. The number of H-pyrrole nitrogens is 1. The summed E-state index contributed by atoms with van der Waals surface area (Å²) in [6, 6.07) is 1.45. The number of aliphatic imine (C=N–C) groups is 1. The van der Waals surface area contributed by atoms with Gasteiger partial charge in [0.2, 0.25) is 17.7 Å². The van der Waals surface area contributed by atoms with Crippen LogP contribution in [0.5, 0.6) is 5.75 Å². The molecule has 39 heavy (non-hydrogen) atoms. The van der Waals surface area contributed by atoms with Crippen molar-refractivity contribution in [3.8, 4) is 5.75 Å². The lowest BCUT2D eigenvalue weighted by molar-refractivity contribution is -0.141. The van der Waals surface area contributed by atoms with Gasteiger partial charge in [-0.25, -0.2) is 4.98 Å². The van der Waals surface area contributed by atoms with E-state index in [4.69, 9.17) is 17.2 Å². The monoisotopic (exact) mass is 545 g/mol. The minimum Gasteiger partial charge on any atom is -0.508 e. The van der Waals surface area contributed by atoms with E-state index in [0.717, 1.165) is 0 Å². The maximum atomic E-state index is 13.4. The Bertz CT molecular complexity index is 1130. The van der Waals surface area contributed by atoms with Gasteiger partial charge in [-0.05, 0) is 37.5 Å². The van der Waals surface area contributed by atoms with Gasteiger partial charge in [-0.1, -0.05) is 12.1 Å². The maximum Gasteiger partial charge on any atom is 0.325 e. The zero-order valence-electron chi connectivity index (χ0n) is 21.5. The fourth-order valence-electron chi connectivity index (χ4n) is 3.48. The van der Waals surface area contributed by atoms with E-state index in [-0.39, 0.29) is 37.5 Å². The fourth-order valence-corrected chi connectivity index (χ4v) is 3.48. The van der Waals surface area contributed by atoms with Gasteiger partial charge < -0.3 is 48.3 Å². The molecule has 2 aromatic rings. The zero-order chi connectivity index (χ0) is 28.9. The molecule has 1 aromatic carbocycles. The molecule has 212 valence electrons. The summed E-state index contributed by atoms with van der Waals surface area (Å²) in [5.74, 6) is -3.36. The summed E-state index contributed by atoms with van der Waals surface area (Å²) >= 11 is 0.